The fourth-order valence-electron chi connectivity index (χ4n) is 2.28. The zero-order valence-corrected chi connectivity index (χ0v) is 11.0. The maximum absolute atomic E-state index is 12.2. The quantitative estimate of drug-likeness (QED) is 0.625. The minimum absolute atomic E-state index is 0.0944. The number of likely N-dealkylation sites (tertiary alicyclic amines) is 1. The van der Waals surface area contributed by atoms with Crippen LogP contribution in [0.15, 0.2) is 29.2 Å². The normalized spacial score (nSPS) is 17.5. The average Bonchev–Trinajstić information content (AvgIpc) is 2.38. The lowest BCUT2D eigenvalue weighted by atomic mass is 9.90. The van der Waals surface area contributed by atoms with Crippen molar-refractivity contribution in [2.24, 2.45) is 0 Å². The molecule has 2 nitrogen and oxygen atoms in total. The van der Waals surface area contributed by atoms with Crippen LogP contribution in [-0.2, 0) is 4.79 Å². The molecule has 19 heavy (non-hydrogen) atoms. The van der Waals surface area contributed by atoms with E-state index in [-0.39, 0.29) is 16.7 Å². The maximum Gasteiger partial charge on any atom is 0.446 e. The van der Waals surface area contributed by atoms with Crippen LogP contribution in [0.3, 0.4) is 0 Å². The minimum atomic E-state index is -4.24. The Balaban J connectivity index is 1.97. The number of nitrogens with zero attached hydrogens (tertiary/aromatic N) is 1. The molecule has 0 bridgehead atoms. The van der Waals surface area contributed by atoms with Crippen LogP contribution in [0.1, 0.15) is 24.3 Å². The first-order valence-corrected chi connectivity index (χ1v) is 6.84. The van der Waals surface area contributed by atoms with Crippen LogP contribution in [-0.4, -0.2) is 29.9 Å². The first-order chi connectivity index (χ1) is 8.98. The Bertz CT molecular complexity index is 425. The van der Waals surface area contributed by atoms with E-state index in [4.69, 9.17) is 0 Å². The predicted octanol–water partition coefficient (Wildman–Crippen LogP) is 3.63. The summed E-state index contributed by atoms with van der Waals surface area (Å²) in [6.45, 7) is 1.43. The second-order valence-electron chi connectivity index (χ2n) is 4.53. The van der Waals surface area contributed by atoms with Gasteiger partial charge in [-0.15, -0.1) is 0 Å². The Morgan fingerprint density at radius 1 is 1.16 bits per heavy atom. The number of thioether (sulfide) groups is 1. The highest BCUT2D eigenvalue weighted by molar-refractivity contribution is 8.00. The molecule has 1 aromatic rings. The number of halogens is 3. The molecule has 1 aromatic carbocycles. The highest BCUT2D eigenvalue weighted by Gasteiger charge is 2.29. The molecule has 1 amide bonds. The number of hydrogen-bond donors (Lipinski definition) is 0. The Morgan fingerprint density at radius 2 is 1.74 bits per heavy atom. The van der Waals surface area contributed by atoms with Crippen molar-refractivity contribution in [2.75, 3.05) is 13.1 Å². The minimum Gasteiger partial charge on any atom is -0.345 e. The van der Waals surface area contributed by atoms with Gasteiger partial charge in [-0.2, -0.15) is 13.2 Å². The molecule has 1 aliphatic heterocycles. The molecule has 0 saturated carbocycles. The van der Waals surface area contributed by atoms with E-state index in [0.717, 1.165) is 24.8 Å². The van der Waals surface area contributed by atoms with Gasteiger partial charge in [-0.1, -0.05) is 12.1 Å². The molecule has 1 saturated heterocycles. The second kappa shape index (κ2) is 5.86. The molecule has 1 aliphatic rings. The molecule has 6 heteroatoms. The molecular weight excluding hydrogens is 275 g/mol. The number of alkyl halides is 3. The van der Waals surface area contributed by atoms with Gasteiger partial charge in [-0.25, -0.2) is 0 Å². The third-order valence-electron chi connectivity index (χ3n) is 3.26. The largest absolute Gasteiger partial charge is 0.446 e. The fourth-order valence-corrected chi connectivity index (χ4v) is 2.82. The third-order valence-corrected chi connectivity index (χ3v) is 4.00. The number of benzene rings is 1. The van der Waals surface area contributed by atoms with Crippen molar-refractivity contribution in [2.45, 2.75) is 29.2 Å². The van der Waals surface area contributed by atoms with Crippen LogP contribution in [0, 0.1) is 0 Å². The molecule has 104 valence electrons. The van der Waals surface area contributed by atoms with Gasteiger partial charge in [0.15, 0.2) is 0 Å². The summed E-state index contributed by atoms with van der Waals surface area (Å²) in [5.41, 5.74) is -3.19. The van der Waals surface area contributed by atoms with Gasteiger partial charge in [0.1, 0.15) is 0 Å². The van der Waals surface area contributed by atoms with Gasteiger partial charge in [-0.05, 0) is 48.2 Å². The topological polar surface area (TPSA) is 20.3 Å². The van der Waals surface area contributed by atoms with Crippen molar-refractivity contribution < 1.29 is 18.0 Å². The summed E-state index contributed by atoms with van der Waals surface area (Å²) in [5, 5.41) is 0. The highest BCUT2D eigenvalue weighted by atomic mass is 32.2. The third kappa shape index (κ3) is 4.16. The van der Waals surface area contributed by atoms with Gasteiger partial charge in [0.2, 0.25) is 6.41 Å². The van der Waals surface area contributed by atoms with Crippen LogP contribution < -0.4 is 0 Å². The van der Waals surface area contributed by atoms with E-state index in [1.165, 1.54) is 12.1 Å². The molecule has 1 heterocycles. The molecule has 0 aromatic heterocycles. The molecule has 0 spiro atoms. The van der Waals surface area contributed by atoms with Crippen molar-refractivity contribution in [3.8, 4) is 0 Å². The van der Waals surface area contributed by atoms with Crippen molar-refractivity contribution in [1.82, 2.24) is 4.90 Å². The van der Waals surface area contributed by atoms with Gasteiger partial charge in [-0.3, -0.25) is 4.79 Å². The summed E-state index contributed by atoms with van der Waals surface area (Å²) in [5.74, 6) is 0.334. The molecule has 0 unspecified atom stereocenters. The van der Waals surface area contributed by atoms with Crippen LogP contribution in [0.4, 0.5) is 13.2 Å². The number of amides is 1. The Hall–Kier alpha value is -1.17. The van der Waals surface area contributed by atoms with E-state index in [0.29, 0.717) is 19.0 Å². The summed E-state index contributed by atoms with van der Waals surface area (Å²) in [7, 11) is 0. The summed E-state index contributed by atoms with van der Waals surface area (Å²) in [4.78, 5) is 12.5. The summed E-state index contributed by atoms with van der Waals surface area (Å²) >= 11 is -0.0944. The first-order valence-electron chi connectivity index (χ1n) is 6.03. The molecule has 2 rings (SSSR count). The van der Waals surface area contributed by atoms with Crippen LogP contribution in [0.25, 0.3) is 0 Å². The number of hydrogen-bond acceptors (Lipinski definition) is 2. The molecule has 0 N–H and O–H groups in total. The van der Waals surface area contributed by atoms with E-state index in [2.05, 4.69) is 0 Å². The van der Waals surface area contributed by atoms with Gasteiger partial charge in [0.25, 0.3) is 0 Å². The van der Waals surface area contributed by atoms with E-state index >= 15 is 0 Å². The average molecular weight is 289 g/mol. The number of rotatable bonds is 3. The molecule has 0 atom stereocenters. The molecular formula is C13H14F3NOS. The van der Waals surface area contributed by atoms with E-state index < -0.39 is 5.51 Å². The summed E-state index contributed by atoms with van der Waals surface area (Å²) < 4.78 is 36.6. The van der Waals surface area contributed by atoms with E-state index in [1.807, 2.05) is 0 Å². The summed E-state index contributed by atoms with van der Waals surface area (Å²) in [6.07, 6.45) is 2.58. The standard InChI is InChI=1S/C13H14F3NOS/c14-13(15,16)19-12-3-1-10(2-4-12)11-5-7-17(9-18)8-6-11/h1-4,9,11H,5-8H2. The zero-order chi connectivity index (χ0) is 13.9. The van der Waals surface area contributed by atoms with Crippen molar-refractivity contribution >= 4 is 18.2 Å². The lowest BCUT2D eigenvalue weighted by Crippen LogP contribution is -2.31. The van der Waals surface area contributed by atoms with E-state index in [1.54, 1.807) is 17.0 Å². The van der Waals surface area contributed by atoms with Crippen LogP contribution in [0.5, 0.6) is 0 Å². The van der Waals surface area contributed by atoms with Crippen molar-refractivity contribution in [3.63, 3.8) is 0 Å². The summed E-state index contributed by atoms with van der Waals surface area (Å²) in [6, 6.07) is 6.55. The van der Waals surface area contributed by atoms with Crippen molar-refractivity contribution in [3.05, 3.63) is 29.8 Å². The Kier molecular flexibility index (Phi) is 4.39. The van der Waals surface area contributed by atoms with Gasteiger partial charge in [0.05, 0.1) is 0 Å². The maximum atomic E-state index is 12.2. The number of carbonyl (C=O) groups is 1. The van der Waals surface area contributed by atoms with Gasteiger partial charge in [0, 0.05) is 18.0 Å². The molecule has 0 radical (unpaired) electrons. The molecule has 0 aliphatic carbocycles. The zero-order valence-electron chi connectivity index (χ0n) is 10.2. The van der Waals surface area contributed by atoms with Gasteiger partial charge >= 0.3 is 5.51 Å². The SMILES string of the molecule is O=CN1CCC(c2ccc(SC(F)(F)F)cc2)CC1. The van der Waals surface area contributed by atoms with Crippen LogP contribution in [0.2, 0.25) is 0 Å². The fraction of sp³-hybridized carbons (Fsp3) is 0.462. The predicted molar refractivity (Wildman–Crippen MR) is 68.0 cm³/mol. The Labute approximate surface area is 114 Å². The Morgan fingerprint density at radius 3 is 2.21 bits per heavy atom. The van der Waals surface area contributed by atoms with Crippen LogP contribution >= 0.6 is 11.8 Å². The smallest absolute Gasteiger partial charge is 0.345 e. The molecule has 1 fully saturated rings. The lowest BCUT2D eigenvalue weighted by Gasteiger charge is -2.29. The second-order valence-corrected chi connectivity index (χ2v) is 5.67. The monoisotopic (exact) mass is 289 g/mol. The number of piperidine rings is 1. The van der Waals surface area contributed by atoms with Crippen molar-refractivity contribution in [1.29, 1.82) is 0 Å². The first kappa shape index (κ1) is 14.2. The van der Waals surface area contributed by atoms with Gasteiger partial charge < -0.3 is 4.90 Å². The van der Waals surface area contributed by atoms with E-state index in [9.17, 15) is 18.0 Å². The lowest BCUT2D eigenvalue weighted by molar-refractivity contribution is -0.119. The number of carbonyl (C=O) groups excluding carboxylic acids is 1. The highest BCUT2D eigenvalue weighted by Crippen LogP contribution is 2.37.